The van der Waals surface area contributed by atoms with Crippen molar-refractivity contribution in [3.05, 3.63) is 101 Å². The van der Waals surface area contributed by atoms with E-state index in [9.17, 15) is 0 Å². The van der Waals surface area contributed by atoms with E-state index in [0.717, 1.165) is 0 Å². The van der Waals surface area contributed by atoms with Crippen molar-refractivity contribution in [1.29, 1.82) is 0 Å². The highest BCUT2D eigenvalue weighted by atomic mass is 32.2. The monoisotopic (exact) mass is 450 g/mol. The van der Waals surface area contributed by atoms with E-state index < -0.39 is 0 Å². The number of hydrogen-bond donors (Lipinski definition) is 0. The summed E-state index contributed by atoms with van der Waals surface area (Å²) in [4.78, 5) is 1.36. The third-order valence-corrected chi connectivity index (χ3v) is 5.72. The Bertz CT molecular complexity index is 841. The standard InChI is InChI=1S/C10H14S.C10H14.C8H10.C3H8/c1-8(2)9-5-4-6-10(7-9)11-3;1-8(2)10-7-5-4-6-9(10)3;1-7-5-3-4-6-8(7)2;1-3-2/h4-8H,1-3H3;4-8H,1-3H3;3-6H,1-2H3;3H2,1-2H3. The molecule has 0 bridgehead atoms. The van der Waals surface area contributed by atoms with Crippen molar-refractivity contribution < 1.29 is 0 Å². The fraction of sp³-hybridized carbons (Fsp3) is 0.419. The van der Waals surface area contributed by atoms with Crippen LogP contribution in [0.15, 0.2) is 77.7 Å². The van der Waals surface area contributed by atoms with Gasteiger partial charge in [-0.1, -0.05) is 109 Å². The lowest BCUT2D eigenvalue weighted by molar-refractivity contribution is 0.856. The van der Waals surface area contributed by atoms with Gasteiger partial charge in [-0.05, 0) is 78.8 Å². The highest BCUT2D eigenvalue weighted by Gasteiger charge is 1.99. The first-order chi connectivity index (χ1) is 15.2. The smallest absolute Gasteiger partial charge is 0.00719 e. The summed E-state index contributed by atoms with van der Waals surface area (Å²) in [5, 5.41) is 0. The van der Waals surface area contributed by atoms with Crippen LogP contribution in [0.25, 0.3) is 0 Å². The van der Waals surface area contributed by atoms with Crippen molar-refractivity contribution in [3.8, 4) is 0 Å². The van der Waals surface area contributed by atoms with Gasteiger partial charge < -0.3 is 0 Å². The Balaban J connectivity index is 0.000000428. The number of aryl methyl sites for hydroxylation is 3. The highest BCUT2D eigenvalue weighted by Crippen LogP contribution is 2.21. The van der Waals surface area contributed by atoms with Crippen LogP contribution in [0.3, 0.4) is 0 Å². The zero-order valence-corrected chi connectivity index (χ0v) is 23.0. The average Bonchev–Trinajstić information content (AvgIpc) is 2.77. The van der Waals surface area contributed by atoms with Gasteiger partial charge in [0.1, 0.15) is 0 Å². The predicted molar refractivity (Wildman–Crippen MR) is 149 cm³/mol. The lowest BCUT2D eigenvalue weighted by Gasteiger charge is -2.07. The maximum Gasteiger partial charge on any atom is 0.00719 e. The summed E-state index contributed by atoms with van der Waals surface area (Å²) in [6.07, 6.45) is 3.36. The quantitative estimate of drug-likeness (QED) is 0.357. The zero-order valence-electron chi connectivity index (χ0n) is 22.2. The molecule has 0 saturated carbocycles. The van der Waals surface area contributed by atoms with Crippen molar-refractivity contribution in [1.82, 2.24) is 0 Å². The Labute approximate surface area is 203 Å². The molecule has 3 aromatic rings. The molecule has 0 heterocycles. The molecule has 0 aliphatic rings. The minimum atomic E-state index is 0.641. The van der Waals surface area contributed by atoms with Crippen molar-refractivity contribution in [2.75, 3.05) is 6.26 Å². The third kappa shape index (κ3) is 12.8. The van der Waals surface area contributed by atoms with Crippen molar-refractivity contribution in [3.63, 3.8) is 0 Å². The van der Waals surface area contributed by atoms with Crippen molar-refractivity contribution in [2.24, 2.45) is 0 Å². The van der Waals surface area contributed by atoms with E-state index in [0.29, 0.717) is 11.8 Å². The number of rotatable bonds is 3. The summed E-state index contributed by atoms with van der Waals surface area (Å²) < 4.78 is 0. The average molecular weight is 451 g/mol. The van der Waals surface area contributed by atoms with Crippen LogP contribution in [0.1, 0.15) is 87.6 Å². The molecule has 0 saturated heterocycles. The molecule has 3 rings (SSSR count). The molecule has 0 aliphatic heterocycles. The maximum absolute atomic E-state index is 2.26. The second kappa shape index (κ2) is 17.6. The van der Waals surface area contributed by atoms with Crippen LogP contribution in [0.4, 0.5) is 0 Å². The van der Waals surface area contributed by atoms with Gasteiger partial charge in [-0.25, -0.2) is 0 Å². The lowest BCUT2D eigenvalue weighted by Crippen LogP contribution is -1.89. The van der Waals surface area contributed by atoms with Gasteiger partial charge in [-0.3, -0.25) is 0 Å². The SMILES string of the molecule is CCC.CSc1cccc(C(C)C)c1.Cc1ccccc1C.Cc1ccccc1C(C)C. The van der Waals surface area contributed by atoms with Gasteiger partial charge in [0.05, 0.1) is 0 Å². The van der Waals surface area contributed by atoms with Crippen LogP contribution in [-0.4, -0.2) is 6.26 Å². The Hall–Kier alpha value is -1.99. The lowest BCUT2D eigenvalue weighted by atomic mass is 9.99. The van der Waals surface area contributed by atoms with Crippen molar-refractivity contribution in [2.45, 2.75) is 85.5 Å². The van der Waals surface area contributed by atoms with Crippen LogP contribution >= 0.6 is 11.8 Å². The summed E-state index contributed by atoms with van der Waals surface area (Å²) in [5.74, 6) is 1.29. The normalized spacial score (nSPS) is 9.75. The van der Waals surface area contributed by atoms with E-state index in [-0.39, 0.29) is 0 Å². The number of hydrogen-bond acceptors (Lipinski definition) is 1. The molecular formula is C31H46S. The fourth-order valence-electron chi connectivity index (χ4n) is 2.90. The third-order valence-electron chi connectivity index (χ3n) is 5.00. The van der Waals surface area contributed by atoms with E-state index in [4.69, 9.17) is 0 Å². The van der Waals surface area contributed by atoms with Crippen LogP contribution in [0.5, 0.6) is 0 Å². The summed E-state index contributed by atoms with van der Waals surface area (Å²) in [5.41, 5.74) is 7.02. The summed E-state index contributed by atoms with van der Waals surface area (Å²) in [6.45, 7) is 19.5. The van der Waals surface area contributed by atoms with Gasteiger partial charge >= 0.3 is 0 Å². The molecule has 0 fully saturated rings. The summed E-state index contributed by atoms with van der Waals surface area (Å²) >= 11 is 1.80. The predicted octanol–water partition coefficient (Wildman–Crippen LogP) is 10.4. The van der Waals surface area contributed by atoms with Crippen LogP contribution < -0.4 is 0 Å². The Kier molecular flexibility index (Phi) is 16.5. The molecule has 0 radical (unpaired) electrons. The van der Waals surface area contributed by atoms with Crippen molar-refractivity contribution >= 4 is 11.8 Å². The van der Waals surface area contributed by atoms with Gasteiger partial charge in [0, 0.05) is 4.90 Å². The molecule has 0 atom stereocenters. The molecule has 0 unspecified atom stereocenters. The second-order valence-corrected chi connectivity index (χ2v) is 9.61. The molecule has 32 heavy (non-hydrogen) atoms. The second-order valence-electron chi connectivity index (χ2n) is 8.73. The zero-order chi connectivity index (χ0) is 24.5. The minimum absolute atomic E-state index is 0.641. The van der Waals surface area contributed by atoms with Gasteiger partial charge in [-0.15, -0.1) is 11.8 Å². The molecule has 0 spiro atoms. The summed E-state index contributed by atoms with van der Waals surface area (Å²) in [6, 6.07) is 25.6. The molecule has 0 N–H and O–H groups in total. The molecule has 0 aromatic heterocycles. The Morgan fingerprint density at radius 2 is 1.09 bits per heavy atom. The first-order valence-electron chi connectivity index (χ1n) is 11.9. The van der Waals surface area contributed by atoms with Crippen LogP contribution in [0, 0.1) is 20.8 Å². The highest BCUT2D eigenvalue weighted by molar-refractivity contribution is 7.98. The van der Waals surface area contributed by atoms with Gasteiger partial charge in [0.2, 0.25) is 0 Å². The number of thioether (sulfide) groups is 1. The minimum Gasteiger partial charge on any atom is -0.130 e. The van der Waals surface area contributed by atoms with E-state index >= 15 is 0 Å². The molecule has 3 aromatic carbocycles. The van der Waals surface area contributed by atoms with E-state index in [1.165, 1.54) is 39.1 Å². The molecule has 176 valence electrons. The molecule has 1 heteroatoms. The molecule has 0 aliphatic carbocycles. The molecular weight excluding hydrogens is 404 g/mol. The van der Waals surface area contributed by atoms with Gasteiger partial charge in [0.15, 0.2) is 0 Å². The Morgan fingerprint density at radius 3 is 1.44 bits per heavy atom. The fourth-order valence-corrected chi connectivity index (χ4v) is 3.37. The topological polar surface area (TPSA) is 0 Å². The van der Waals surface area contributed by atoms with E-state index in [1.807, 2.05) is 0 Å². The number of benzene rings is 3. The Morgan fingerprint density at radius 1 is 0.625 bits per heavy atom. The van der Waals surface area contributed by atoms with Crippen LogP contribution in [-0.2, 0) is 0 Å². The maximum atomic E-state index is 2.26. The van der Waals surface area contributed by atoms with Gasteiger partial charge in [-0.2, -0.15) is 0 Å². The largest absolute Gasteiger partial charge is 0.130 e. The molecule has 0 amide bonds. The van der Waals surface area contributed by atoms with E-state index in [1.54, 1.807) is 11.8 Å². The summed E-state index contributed by atoms with van der Waals surface area (Å²) in [7, 11) is 0. The molecule has 0 nitrogen and oxygen atoms in total. The first-order valence-corrected chi connectivity index (χ1v) is 13.1. The first kappa shape index (κ1) is 30.0. The van der Waals surface area contributed by atoms with Crippen LogP contribution in [0.2, 0.25) is 0 Å². The van der Waals surface area contributed by atoms with E-state index in [2.05, 4.69) is 141 Å². The van der Waals surface area contributed by atoms with Gasteiger partial charge in [0.25, 0.3) is 0 Å².